The number of thioether (sulfide) groups is 3. The van der Waals surface area contributed by atoms with Gasteiger partial charge in [0.15, 0.2) is 0 Å². The van der Waals surface area contributed by atoms with Crippen LogP contribution in [0.2, 0.25) is 0 Å². The highest BCUT2D eigenvalue weighted by molar-refractivity contribution is 8.15. The molecule has 12 heteroatoms. The third kappa shape index (κ3) is 6.37. The molecule has 0 aromatic carbocycles. The molecule has 0 saturated heterocycles. The molecular formula is C27H42N6O3S3. The SMILES string of the molecule is CC1SC2=NC1C(=O)N[C@@H](C(C)C)C1=NC(C(=O)N[C@@H](C(C)C)C3=NC(C(=O)N[C@H]2C(C)C)C(C)S3)C(C)S1. The Bertz CT molecular complexity index is 958. The van der Waals surface area contributed by atoms with Gasteiger partial charge in [-0.15, -0.1) is 35.3 Å². The van der Waals surface area contributed by atoms with Crippen LogP contribution in [0.1, 0.15) is 62.3 Å². The smallest absolute Gasteiger partial charge is 0.246 e. The fourth-order valence-corrected chi connectivity index (χ4v) is 9.15. The van der Waals surface area contributed by atoms with E-state index in [4.69, 9.17) is 15.0 Å². The van der Waals surface area contributed by atoms with Gasteiger partial charge < -0.3 is 16.0 Å². The van der Waals surface area contributed by atoms with E-state index in [1.807, 2.05) is 62.3 Å². The van der Waals surface area contributed by atoms with Gasteiger partial charge >= 0.3 is 0 Å². The van der Waals surface area contributed by atoms with Gasteiger partial charge in [0, 0.05) is 15.7 Å². The third-order valence-corrected chi connectivity index (χ3v) is 11.2. The first kappa shape index (κ1) is 30.4. The minimum atomic E-state index is -0.566. The van der Waals surface area contributed by atoms with E-state index < -0.39 is 18.1 Å². The number of hydrogen-bond acceptors (Lipinski definition) is 9. The highest BCUT2D eigenvalue weighted by Gasteiger charge is 2.43. The molecule has 4 rings (SSSR count). The summed E-state index contributed by atoms with van der Waals surface area (Å²) in [4.78, 5) is 55.1. The highest BCUT2D eigenvalue weighted by atomic mass is 32.2. The summed E-state index contributed by atoms with van der Waals surface area (Å²) in [5.41, 5.74) is 0. The zero-order valence-corrected chi connectivity index (χ0v) is 26.7. The second-order valence-electron chi connectivity index (χ2n) is 11.9. The normalized spacial score (nSPS) is 37.7. The molecule has 9 nitrogen and oxygen atoms in total. The monoisotopic (exact) mass is 594 g/mol. The molecule has 4 heterocycles. The van der Waals surface area contributed by atoms with Gasteiger partial charge in [-0.3, -0.25) is 29.4 Å². The van der Waals surface area contributed by atoms with E-state index >= 15 is 0 Å². The molecule has 4 aliphatic rings. The van der Waals surface area contributed by atoms with Crippen molar-refractivity contribution in [1.82, 2.24) is 16.0 Å². The van der Waals surface area contributed by atoms with Crippen LogP contribution in [0.5, 0.6) is 0 Å². The molecular weight excluding hydrogens is 553 g/mol. The minimum Gasteiger partial charge on any atom is -0.345 e. The summed E-state index contributed by atoms with van der Waals surface area (Å²) < 4.78 is 0. The number of carbonyl (C=O) groups excluding carboxylic acids is 3. The summed E-state index contributed by atoms with van der Waals surface area (Å²) >= 11 is 4.67. The standard InChI is InChI=1S/C27H42N6O3S3/c1-10(2)16-25-31-20(13(7)37-25)23(35)29-18(12(5)6)27-33-21(15(9)39-27)24(36)30-17(11(3)4)26-32-19(14(8)38-26)22(34)28-16/h10-21H,1-9H3,(H,28,34)(H,29,35)(H,30,36)/t13?,14?,15?,16-,17-,18-,19?,20?,21?/m0/s1. The Morgan fingerprint density at radius 2 is 0.744 bits per heavy atom. The number of nitrogens with one attached hydrogen (secondary N) is 3. The number of rotatable bonds is 3. The summed E-state index contributed by atoms with van der Waals surface area (Å²) in [6.07, 6.45) is 0. The lowest BCUT2D eigenvalue weighted by Crippen LogP contribution is -2.49. The number of fused-ring (bicyclic) bond motifs is 3. The van der Waals surface area contributed by atoms with E-state index in [2.05, 4.69) is 16.0 Å². The van der Waals surface area contributed by atoms with Crippen LogP contribution in [-0.2, 0) is 14.4 Å². The van der Waals surface area contributed by atoms with Crippen LogP contribution < -0.4 is 16.0 Å². The molecule has 0 aromatic rings. The molecule has 3 N–H and O–H groups in total. The van der Waals surface area contributed by atoms with Crippen molar-refractivity contribution in [3.05, 3.63) is 0 Å². The van der Waals surface area contributed by atoms with Crippen molar-refractivity contribution in [2.75, 3.05) is 0 Å². The lowest BCUT2D eigenvalue weighted by atomic mass is 10.0. The van der Waals surface area contributed by atoms with Crippen molar-refractivity contribution >= 4 is 68.1 Å². The Balaban J connectivity index is 1.76. The van der Waals surface area contributed by atoms with Crippen molar-refractivity contribution in [3.8, 4) is 0 Å². The van der Waals surface area contributed by atoms with Crippen LogP contribution in [0.25, 0.3) is 0 Å². The predicted molar refractivity (Wildman–Crippen MR) is 165 cm³/mol. The summed E-state index contributed by atoms with van der Waals surface area (Å²) in [6, 6.07) is -2.62. The summed E-state index contributed by atoms with van der Waals surface area (Å²) in [5, 5.41) is 11.7. The van der Waals surface area contributed by atoms with Crippen molar-refractivity contribution in [1.29, 1.82) is 0 Å². The first-order valence-corrected chi connectivity index (χ1v) is 16.6. The molecule has 4 aliphatic heterocycles. The second-order valence-corrected chi connectivity index (χ2v) is 16.1. The fourth-order valence-electron chi connectivity index (χ4n) is 5.11. The van der Waals surface area contributed by atoms with Crippen LogP contribution in [0.4, 0.5) is 0 Å². The van der Waals surface area contributed by atoms with Gasteiger partial charge in [0.25, 0.3) is 0 Å². The van der Waals surface area contributed by atoms with Gasteiger partial charge in [-0.1, -0.05) is 62.3 Å². The first-order chi connectivity index (χ1) is 18.3. The molecule has 6 unspecified atom stereocenters. The van der Waals surface area contributed by atoms with Gasteiger partial charge in [-0.05, 0) is 17.8 Å². The topological polar surface area (TPSA) is 124 Å². The van der Waals surface area contributed by atoms with E-state index in [0.717, 1.165) is 15.1 Å². The molecule has 6 bridgehead atoms. The molecule has 216 valence electrons. The Morgan fingerprint density at radius 1 is 0.513 bits per heavy atom. The van der Waals surface area contributed by atoms with E-state index in [-0.39, 0.29) is 69.4 Å². The van der Waals surface area contributed by atoms with Crippen LogP contribution in [0, 0.1) is 17.8 Å². The Morgan fingerprint density at radius 3 is 0.949 bits per heavy atom. The quantitative estimate of drug-likeness (QED) is 0.461. The average molecular weight is 595 g/mol. The molecule has 9 atom stereocenters. The largest absolute Gasteiger partial charge is 0.345 e. The molecule has 0 spiro atoms. The van der Waals surface area contributed by atoms with Crippen LogP contribution in [-0.4, -0.2) is 84.9 Å². The van der Waals surface area contributed by atoms with E-state index in [0.29, 0.717) is 0 Å². The summed E-state index contributed by atoms with van der Waals surface area (Å²) in [7, 11) is 0. The molecule has 0 radical (unpaired) electrons. The molecule has 39 heavy (non-hydrogen) atoms. The molecule has 0 saturated carbocycles. The lowest BCUT2D eigenvalue weighted by Gasteiger charge is -2.24. The van der Waals surface area contributed by atoms with Crippen LogP contribution in [0.3, 0.4) is 0 Å². The van der Waals surface area contributed by atoms with Crippen LogP contribution >= 0.6 is 35.3 Å². The molecule has 0 aliphatic carbocycles. The van der Waals surface area contributed by atoms with Gasteiger partial charge in [-0.25, -0.2) is 0 Å². The average Bonchev–Trinajstić information content (AvgIpc) is 3.54. The first-order valence-electron chi connectivity index (χ1n) is 13.9. The van der Waals surface area contributed by atoms with Crippen molar-refractivity contribution in [3.63, 3.8) is 0 Å². The highest BCUT2D eigenvalue weighted by Crippen LogP contribution is 2.35. The maximum absolute atomic E-state index is 13.5. The van der Waals surface area contributed by atoms with E-state index in [9.17, 15) is 14.4 Å². The van der Waals surface area contributed by atoms with Crippen molar-refractivity contribution in [2.24, 2.45) is 32.7 Å². The minimum absolute atomic E-state index is 0.0685. The zero-order chi connectivity index (χ0) is 28.8. The third-order valence-electron chi connectivity index (χ3n) is 7.55. The van der Waals surface area contributed by atoms with Gasteiger partial charge in [0.1, 0.15) is 18.1 Å². The van der Waals surface area contributed by atoms with Gasteiger partial charge in [0.05, 0.1) is 33.3 Å². The second kappa shape index (κ2) is 12.1. The zero-order valence-electron chi connectivity index (χ0n) is 24.2. The summed E-state index contributed by atoms with van der Waals surface area (Å²) in [5.74, 6) is -0.212. The maximum Gasteiger partial charge on any atom is 0.246 e. The van der Waals surface area contributed by atoms with Gasteiger partial charge in [0.2, 0.25) is 17.7 Å². The van der Waals surface area contributed by atoms with Crippen molar-refractivity contribution < 1.29 is 14.4 Å². The number of nitrogens with zero attached hydrogens (tertiary/aromatic N) is 3. The molecule has 3 amide bonds. The number of hydrogen-bond donors (Lipinski definition) is 3. The molecule has 0 aromatic heterocycles. The number of amides is 3. The van der Waals surface area contributed by atoms with Crippen molar-refractivity contribution in [2.45, 2.75) is 114 Å². The van der Waals surface area contributed by atoms with E-state index in [1.54, 1.807) is 35.3 Å². The number of aliphatic imine (C=N–C) groups is 3. The Kier molecular flexibility index (Phi) is 9.47. The Hall–Kier alpha value is -1.53. The van der Waals surface area contributed by atoms with Gasteiger partial charge in [-0.2, -0.15) is 0 Å². The number of carbonyl (C=O) groups is 3. The predicted octanol–water partition coefficient (Wildman–Crippen LogP) is 3.13. The Labute approximate surface area is 244 Å². The van der Waals surface area contributed by atoms with E-state index in [1.165, 1.54) is 0 Å². The summed E-state index contributed by atoms with van der Waals surface area (Å²) in [6.45, 7) is 18.3. The lowest BCUT2D eigenvalue weighted by molar-refractivity contribution is -0.123. The molecule has 0 fully saturated rings. The maximum atomic E-state index is 13.5. The van der Waals surface area contributed by atoms with Crippen LogP contribution in [0.15, 0.2) is 15.0 Å². The fraction of sp³-hybridized carbons (Fsp3) is 0.778.